The van der Waals surface area contributed by atoms with E-state index in [-0.39, 0.29) is 13.3 Å². The van der Waals surface area contributed by atoms with Crippen molar-refractivity contribution in [3.8, 4) is 0 Å². The summed E-state index contributed by atoms with van der Waals surface area (Å²) in [6, 6.07) is -0.781. The molecule has 90 valence electrons. The Morgan fingerprint density at radius 2 is 2.00 bits per heavy atom. The number of carboxylic acids is 1. The number of rotatable bonds is 7. The van der Waals surface area contributed by atoms with E-state index >= 15 is 0 Å². The number of nitrogens with one attached hydrogen (secondary N) is 1. The Morgan fingerprint density at radius 1 is 1.40 bits per heavy atom. The molecule has 0 rings (SSSR count). The fourth-order valence-corrected chi connectivity index (χ4v) is 0.966. The van der Waals surface area contributed by atoms with Gasteiger partial charge >= 0.3 is 5.97 Å². The number of unbranched alkanes of at least 4 members (excludes halogenated alkanes) is 1. The second-order valence-corrected chi connectivity index (χ2v) is 3.14. The smallest absolute Gasteiger partial charge is 0.320 e. The molecule has 0 heterocycles. The topological polar surface area (TPSA) is 92.4 Å². The van der Waals surface area contributed by atoms with Crippen molar-refractivity contribution < 1.29 is 14.7 Å². The molecular weight excluding hydrogens is 196 g/mol. The van der Waals surface area contributed by atoms with Crippen LogP contribution in [0, 0.1) is 0 Å². The average molecular weight is 218 g/mol. The molecular formula is C10H22N2O3. The second kappa shape index (κ2) is 9.45. The molecule has 5 nitrogen and oxygen atoms in total. The minimum atomic E-state index is -0.970. The Hall–Kier alpha value is -1.10. The Labute approximate surface area is 91.0 Å². The maximum Gasteiger partial charge on any atom is 0.320 e. The van der Waals surface area contributed by atoms with E-state index in [0.717, 1.165) is 12.8 Å². The van der Waals surface area contributed by atoms with Crippen LogP contribution in [-0.2, 0) is 9.59 Å². The first kappa shape index (κ1) is 16.3. The van der Waals surface area contributed by atoms with Gasteiger partial charge < -0.3 is 16.2 Å². The van der Waals surface area contributed by atoms with Crippen molar-refractivity contribution in [2.45, 2.75) is 46.1 Å². The number of hydrogen-bond donors (Lipinski definition) is 3. The molecule has 5 heteroatoms. The van der Waals surface area contributed by atoms with E-state index in [1.165, 1.54) is 0 Å². The van der Waals surface area contributed by atoms with Crippen LogP contribution in [-0.4, -0.2) is 29.6 Å². The van der Waals surface area contributed by atoms with Crippen molar-refractivity contribution in [3.63, 3.8) is 0 Å². The highest BCUT2D eigenvalue weighted by Gasteiger charge is 2.09. The van der Waals surface area contributed by atoms with Crippen LogP contribution in [0.15, 0.2) is 0 Å². The maximum atomic E-state index is 10.8. The van der Waals surface area contributed by atoms with E-state index < -0.39 is 12.0 Å². The molecule has 0 aromatic rings. The molecule has 1 amide bonds. The third-order valence-electron chi connectivity index (χ3n) is 1.90. The van der Waals surface area contributed by atoms with Gasteiger partial charge in [-0.1, -0.05) is 14.4 Å². The van der Waals surface area contributed by atoms with Gasteiger partial charge in [0.05, 0.1) is 0 Å². The lowest BCUT2D eigenvalue weighted by Gasteiger charge is -2.06. The molecule has 0 radical (unpaired) electrons. The predicted octanol–water partition coefficient (Wildman–Crippen LogP) is 0.731. The molecule has 0 bridgehead atoms. The molecule has 4 N–H and O–H groups in total. The molecule has 0 aliphatic rings. The quantitative estimate of drug-likeness (QED) is 0.549. The van der Waals surface area contributed by atoms with E-state index in [2.05, 4.69) is 5.32 Å². The Morgan fingerprint density at radius 3 is 2.47 bits per heavy atom. The number of hydrogen-bond acceptors (Lipinski definition) is 3. The van der Waals surface area contributed by atoms with Crippen molar-refractivity contribution in [2.75, 3.05) is 6.54 Å². The molecule has 1 atom stereocenters. The van der Waals surface area contributed by atoms with Crippen LogP contribution >= 0.6 is 0 Å². The summed E-state index contributed by atoms with van der Waals surface area (Å²) < 4.78 is 0. The van der Waals surface area contributed by atoms with Crippen LogP contribution in [0.25, 0.3) is 0 Å². The summed E-state index contributed by atoms with van der Waals surface area (Å²) in [4.78, 5) is 21.1. The van der Waals surface area contributed by atoms with Gasteiger partial charge in [-0.25, -0.2) is 0 Å². The summed E-state index contributed by atoms with van der Waals surface area (Å²) >= 11 is 0. The van der Waals surface area contributed by atoms with Gasteiger partial charge in [0.1, 0.15) is 6.04 Å². The monoisotopic (exact) mass is 218 g/mol. The maximum absolute atomic E-state index is 10.8. The first-order valence-electron chi connectivity index (χ1n) is 4.83. The van der Waals surface area contributed by atoms with E-state index in [1.54, 1.807) is 6.92 Å². The van der Waals surface area contributed by atoms with Crippen LogP contribution in [0.5, 0.6) is 0 Å². The molecule has 1 unspecified atom stereocenters. The molecule has 0 saturated carbocycles. The average Bonchev–Trinajstić information content (AvgIpc) is 2.16. The van der Waals surface area contributed by atoms with Crippen molar-refractivity contribution in [2.24, 2.45) is 5.73 Å². The Kier molecular flexibility index (Phi) is 10.3. The fourth-order valence-electron chi connectivity index (χ4n) is 0.966. The van der Waals surface area contributed by atoms with Crippen LogP contribution in [0.1, 0.15) is 40.0 Å². The molecule has 0 aliphatic heterocycles. The van der Waals surface area contributed by atoms with Crippen LogP contribution < -0.4 is 11.1 Å². The molecule has 0 fully saturated rings. The highest BCUT2D eigenvalue weighted by Crippen LogP contribution is 1.98. The lowest BCUT2D eigenvalue weighted by molar-refractivity contribution is -0.138. The van der Waals surface area contributed by atoms with E-state index in [1.807, 2.05) is 0 Å². The van der Waals surface area contributed by atoms with Crippen molar-refractivity contribution >= 4 is 11.9 Å². The van der Waals surface area contributed by atoms with Gasteiger partial charge in [0, 0.05) is 13.0 Å². The van der Waals surface area contributed by atoms with Crippen LogP contribution in [0.4, 0.5) is 0 Å². The number of carbonyl (C=O) groups is 2. The van der Waals surface area contributed by atoms with Gasteiger partial charge in [-0.15, -0.1) is 0 Å². The molecule has 0 aliphatic carbocycles. The Bertz CT molecular complexity index is 195. The summed E-state index contributed by atoms with van der Waals surface area (Å²) in [6.45, 7) is 2.38. The lowest BCUT2D eigenvalue weighted by atomic mass is 10.1. The molecule has 0 saturated heterocycles. The standard InChI is InChI=1S/C9H18N2O3.CH4/c1-2-8(12)11-6-4-3-5-7(10)9(13)14;/h7H,2-6,10H2,1H3,(H,11,12)(H,13,14);1H4. The van der Waals surface area contributed by atoms with Gasteiger partial charge in [-0.05, 0) is 19.3 Å². The van der Waals surface area contributed by atoms with Gasteiger partial charge in [-0.2, -0.15) is 0 Å². The van der Waals surface area contributed by atoms with Crippen molar-refractivity contribution in [3.05, 3.63) is 0 Å². The number of nitrogens with two attached hydrogens (primary N) is 1. The van der Waals surface area contributed by atoms with Crippen LogP contribution in [0.3, 0.4) is 0 Å². The second-order valence-electron chi connectivity index (χ2n) is 3.14. The molecule has 0 spiro atoms. The number of carboxylic acid groups (broad SMARTS) is 1. The van der Waals surface area contributed by atoms with Gasteiger partial charge in [0.25, 0.3) is 0 Å². The Balaban J connectivity index is 0. The summed E-state index contributed by atoms with van der Waals surface area (Å²) in [6.07, 6.45) is 2.43. The van der Waals surface area contributed by atoms with E-state index in [4.69, 9.17) is 10.8 Å². The van der Waals surface area contributed by atoms with Gasteiger partial charge in [0.2, 0.25) is 5.91 Å². The number of aliphatic carboxylic acids is 1. The minimum Gasteiger partial charge on any atom is -0.480 e. The van der Waals surface area contributed by atoms with E-state index in [9.17, 15) is 9.59 Å². The summed E-state index contributed by atoms with van der Waals surface area (Å²) in [5, 5.41) is 11.2. The zero-order chi connectivity index (χ0) is 11.0. The SMILES string of the molecule is C.CCC(=O)NCCCCC(N)C(=O)O. The van der Waals surface area contributed by atoms with Crippen LogP contribution in [0.2, 0.25) is 0 Å². The largest absolute Gasteiger partial charge is 0.480 e. The summed E-state index contributed by atoms with van der Waals surface area (Å²) in [5.74, 6) is -0.949. The molecule has 0 aromatic heterocycles. The molecule has 15 heavy (non-hydrogen) atoms. The molecule has 0 aromatic carbocycles. The van der Waals surface area contributed by atoms with Crippen molar-refractivity contribution in [1.82, 2.24) is 5.32 Å². The minimum absolute atomic E-state index is 0. The number of carbonyl (C=O) groups excluding carboxylic acids is 1. The zero-order valence-corrected chi connectivity index (χ0v) is 8.45. The third-order valence-corrected chi connectivity index (χ3v) is 1.90. The first-order chi connectivity index (χ1) is 6.57. The van der Waals surface area contributed by atoms with Crippen molar-refractivity contribution in [1.29, 1.82) is 0 Å². The lowest BCUT2D eigenvalue weighted by Crippen LogP contribution is -2.30. The highest BCUT2D eigenvalue weighted by atomic mass is 16.4. The predicted molar refractivity (Wildman–Crippen MR) is 59.5 cm³/mol. The summed E-state index contributed by atoms with van der Waals surface area (Å²) in [5.41, 5.74) is 5.30. The fraction of sp³-hybridized carbons (Fsp3) is 0.800. The van der Waals surface area contributed by atoms with Gasteiger partial charge in [-0.3, -0.25) is 9.59 Å². The zero-order valence-electron chi connectivity index (χ0n) is 8.45. The third kappa shape index (κ3) is 9.21. The normalized spacial score (nSPS) is 11.3. The van der Waals surface area contributed by atoms with Gasteiger partial charge in [0.15, 0.2) is 0 Å². The number of amides is 1. The first-order valence-corrected chi connectivity index (χ1v) is 4.83. The highest BCUT2D eigenvalue weighted by molar-refractivity contribution is 5.75. The van der Waals surface area contributed by atoms with E-state index in [0.29, 0.717) is 19.4 Å². The summed E-state index contributed by atoms with van der Waals surface area (Å²) in [7, 11) is 0.